The van der Waals surface area contributed by atoms with E-state index in [-0.39, 0.29) is 0 Å². The number of carbonyl (C=O) groups excluding carboxylic acids is 1. The molecule has 1 saturated carbocycles. The van der Waals surface area contributed by atoms with Crippen LogP contribution in [0.25, 0.3) is 0 Å². The zero-order valence-corrected chi connectivity index (χ0v) is 8.29. The molecule has 68 valence electrons. The van der Waals surface area contributed by atoms with Gasteiger partial charge >= 0.3 is 0 Å². The van der Waals surface area contributed by atoms with Crippen LogP contribution in [0.4, 0.5) is 0 Å². The molecule has 1 rings (SSSR count). The Labute approximate surface area is 74.2 Å². The topological polar surface area (TPSA) is 20.3 Å². The fourth-order valence-electron chi connectivity index (χ4n) is 1.43. The Morgan fingerprint density at radius 2 is 2.00 bits per heavy atom. The van der Waals surface area contributed by atoms with Gasteiger partial charge in [-0.1, -0.05) is 6.92 Å². The Balaban J connectivity index is 2.53. The molecular formula is C10H17NO. The highest BCUT2D eigenvalue weighted by atomic mass is 16.1. The van der Waals surface area contributed by atoms with Crippen LogP contribution in [0.3, 0.4) is 0 Å². The van der Waals surface area contributed by atoms with Crippen molar-refractivity contribution in [3.8, 4) is 0 Å². The van der Waals surface area contributed by atoms with E-state index in [0.717, 1.165) is 12.0 Å². The third-order valence-electron chi connectivity index (χ3n) is 2.29. The molecule has 12 heavy (non-hydrogen) atoms. The summed E-state index contributed by atoms with van der Waals surface area (Å²) in [6, 6.07) is 0. The summed E-state index contributed by atoms with van der Waals surface area (Å²) in [6.07, 6.45) is 2.98. The van der Waals surface area contributed by atoms with Crippen LogP contribution in [-0.4, -0.2) is 24.8 Å². The first-order chi connectivity index (χ1) is 5.52. The van der Waals surface area contributed by atoms with Crippen molar-refractivity contribution in [3.63, 3.8) is 0 Å². The lowest BCUT2D eigenvalue weighted by Crippen LogP contribution is -2.09. The molecule has 2 unspecified atom stereocenters. The van der Waals surface area contributed by atoms with Crippen molar-refractivity contribution in [2.75, 3.05) is 14.1 Å². The molecular weight excluding hydrogens is 150 g/mol. The van der Waals surface area contributed by atoms with E-state index >= 15 is 0 Å². The van der Waals surface area contributed by atoms with Crippen molar-refractivity contribution < 1.29 is 4.79 Å². The number of ketones is 1. The first kappa shape index (κ1) is 9.30. The smallest absolute Gasteiger partial charge is 0.163 e. The summed E-state index contributed by atoms with van der Waals surface area (Å²) in [5.74, 6) is 1.26. The Hall–Kier alpha value is -0.790. The largest absolute Gasteiger partial charge is 0.383 e. The standard InChI is InChI=1S/C10H17NO/c1-7-5-9(7)10(12)8(2)6-11(3)4/h6-7,9H,5H2,1-4H3/b8-6+. The molecule has 0 spiro atoms. The zero-order valence-electron chi connectivity index (χ0n) is 8.29. The highest BCUT2D eigenvalue weighted by Gasteiger charge is 2.39. The quantitative estimate of drug-likeness (QED) is 0.596. The molecule has 2 nitrogen and oxygen atoms in total. The lowest BCUT2D eigenvalue weighted by molar-refractivity contribution is -0.116. The lowest BCUT2D eigenvalue weighted by Gasteiger charge is -2.06. The van der Waals surface area contributed by atoms with E-state index in [1.807, 2.05) is 32.1 Å². The average molecular weight is 167 g/mol. The van der Waals surface area contributed by atoms with Crippen molar-refractivity contribution in [2.24, 2.45) is 11.8 Å². The molecule has 0 radical (unpaired) electrons. The summed E-state index contributed by atoms with van der Waals surface area (Å²) in [5.41, 5.74) is 0.884. The van der Waals surface area contributed by atoms with E-state index in [4.69, 9.17) is 0 Å². The van der Waals surface area contributed by atoms with Crippen LogP contribution in [0.2, 0.25) is 0 Å². The summed E-state index contributed by atoms with van der Waals surface area (Å²) in [6.45, 7) is 4.03. The Bertz CT molecular complexity index is 218. The van der Waals surface area contributed by atoms with E-state index < -0.39 is 0 Å². The van der Waals surface area contributed by atoms with Gasteiger partial charge in [0.2, 0.25) is 0 Å². The Morgan fingerprint density at radius 3 is 2.33 bits per heavy atom. The SMILES string of the molecule is C/C(=C\N(C)C)C(=O)C1CC1C. The van der Waals surface area contributed by atoms with Crippen LogP contribution in [0.5, 0.6) is 0 Å². The number of Topliss-reactive ketones (excluding diaryl/α,β-unsaturated/α-hetero) is 1. The van der Waals surface area contributed by atoms with Crippen molar-refractivity contribution in [1.29, 1.82) is 0 Å². The van der Waals surface area contributed by atoms with Crippen LogP contribution >= 0.6 is 0 Å². The monoisotopic (exact) mass is 167 g/mol. The highest BCUT2D eigenvalue weighted by Crippen LogP contribution is 2.39. The number of hydrogen-bond acceptors (Lipinski definition) is 2. The maximum atomic E-state index is 11.6. The average Bonchev–Trinajstić information content (AvgIpc) is 2.64. The molecule has 0 amide bonds. The van der Waals surface area contributed by atoms with Gasteiger partial charge in [-0.25, -0.2) is 0 Å². The fraction of sp³-hybridized carbons (Fsp3) is 0.700. The summed E-state index contributed by atoms with van der Waals surface area (Å²) in [4.78, 5) is 13.5. The summed E-state index contributed by atoms with van der Waals surface area (Å²) in [5, 5.41) is 0. The predicted molar refractivity (Wildman–Crippen MR) is 49.7 cm³/mol. The van der Waals surface area contributed by atoms with Crippen LogP contribution in [0.15, 0.2) is 11.8 Å². The van der Waals surface area contributed by atoms with E-state index in [1.165, 1.54) is 0 Å². The van der Waals surface area contributed by atoms with E-state index in [9.17, 15) is 4.79 Å². The van der Waals surface area contributed by atoms with Crippen molar-refractivity contribution in [3.05, 3.63) is 11.8 Å². The fourth-order valence-corrected chi connectivity index (χ4v) is 1.43. The van der Waals surface area contributed by atoms with Gasteiger partial charge < -0.3 is 4.90 Å². The first-order valence-electron chi connectivity index (χ1n) is 4.41. The second-order valence-corrected chi connectivity index (χ2v) is 3.96. The second kappa shape index (κ2) is 3.30. The summed E-state index contributed by atoms with van der Waals surface area (Å²) in [7, 11) is 3.88. The van der Waals surface area contributed by atoms with Gasteiger partial charge in [0.15, 0.2) is 5.78 Å². The second-order valence-electron chi connectivity index (χ2n) is 3.96. The van der Waals surface area contributed by atoms with E-state index in [2.05, 4.69) is 6.92 Å². The molecule has 0 heterocycles. The van der Waals surface area contributed by atoms with Gasteiger partial charge in [0.05, 0.1) is 0 Å². The van der Waals surface area contributed by atoms with Gasteiger partial charge in [0.1, 0.15) is 0 Å². The van der Waals surface area contributed by atoms with Crippen LogP contribution in [-0.2, 0) is 4.79 Å². The molecule has 0 aromatic carbocycles. The Morgan fingerprint density at radius 1 is 1.50 bits per heavy atom. The minimum atomic E-state index is 0.321. The zero-order chi connectivity index (χ0) is 9.30. The van der Waals surface area contributed by atoms with Crippen LogP contribution in [0, 0.1) is 11.8 Å². The molecule has 0 bridgehead atoms. The minimum absolute atomic E-state index is 0.321. The third-order valence-corrected chi connectivity index (χ3v) is 2.29. The molecule has 1 aliphatic rings. The van der Waals surface area contributed by atoms with Gasteiger partial charge in [-0.3, -0.25) is 4.79 Å². The van der Waals surface area contributed by atoms with Crippen molar-refractivity contribution >= 4 is 5.78 Å². The maximum absolute atomic E-state index is 11.6. The number of nitrogens with zero attached hydrogens (tertiary/aromatic N) is 1. The third kappa shape index (κ3) is 2.10. The number of hydrogen-bond donors (Lipinski definition) is 0. The van der Waals surface area contributed by atoms with Crippen molar-refractivity contribution in [1.82, 2.24) is 4.90 Å². The minimum Gasteiger partial charge on any atom is -0.383 e. The van der Waals surface area contributed by atoms with Crippen LogP contribution < -0.4 is 0 Å². The molecule has 0 N–H and O–H groups in total. The van der Waals surface area contributed by atoms with Gasteiger partial charge in [0.25, 0.3) is 0 Å². The van der Waals surface area contributed by atoms with Crippen molar-refractivity contribution in [2.45, 2.75) is 20.3 Å². The molecule has 2 atom stereocenters. The number of carbonyl (C=O) groups is 1. The molecule has 0 aliphatic heterocycles. The normalized spacial score (nSPS) is 28.5. The maximum Gasteiger partial charge on any atom is 0.163 e. The van der Waals surface area contributed by atoms with E-state index in [1.54, 1.807) is 0 Å². The van der Waals surface area contributed by atoms with Gasteiger partial charge in [-0.05, 0) is 19.3 Å². The number of rotatable bonds is 3. The van der Waals surface area contributed by atoms with Crippen LogP contribution in [0.1, 0.15) is 20.3 Å². The highest BCUT2D eigenvalue weighted by molar-refractivity contribution is 5.98. The molecule has 2 heteroatoms. The first-order valence-corrected chi connectivity index (χ1v) is 4.41. The van der Waals surface area contributed by atoms with E-state index in [0.29, 0.717) is 17.6 Å². The van der Waals surface area contributed by atoms with Gasteiger partial charge in [-0.2, -0.15) is 0 Å². The molecule has 0 aromatic heterocycles. The van der Waals surface area contributed by atoms with Gasteiger partial charge in [0, 0.05) is 31.8 Å². The predicted octanol–water partition coefficient (Wildman–Crippen LogP) is 1.68. The molecule has 1 fully saturated rings. The summed E-state index contributed by atoms with van der Waals surface area (Å²) < 4.78 is 0. The summed E-state index contributed by atoms with van der Waals surface area (Å²) >= 11 is 0. The molecule has 0 aromatic rings. The molecule has 1 aliphatic carbocycles. The Kier molecular flexibility index (Phi) is 2.55. The number of allylic oxidation sites excluding steroid dienone is 1. The van der Waals surface area contributed by atoms with Gasteiger partial charge in [-0.15, -0.1) is 0 Å². The lowest BCUT2D eigenvalue weighted by atomic mass is 10.1. The molecule has 0 saturated heterocycles.